The minimum Gasteiger partial charge on any atom is -0.321 e. The van der Waals surface area contributed by atoms with Crippen molar-refractivity contribution in [3.63, 3.8) is 0 Å². The minimum atomic E-state index is -0.564. The summed E-state index contributed by atoms with van der Waals surface area (Å²) >= 11 is 6.85. The number of pyridine rings is 1. The number of hydrogen-bond acceptors (Lipinski definition) is 4. The summed E-state index contributed by atoms with van der Waals surface area (Å²) in [5, 5.41) is 2.94. The molecule has 0 radical (unpaired) electrons. The fraction of sp³-hybridized carbons (Fsp3) is 0.0556. The number of thiophene rings is 1. The highest BCUT2D eigenvalue weighted by Gasteiger charge is 2.16. The lowest BCUT2D eigenvalue weighted by molar-refractivity contribution is 0.103. The van der Waals surface area contributed by atoms with Crippen molar-refractivity contribution in [2.24, 2.45) is 0 Å². The summed E-state index contributed by atoms with van der Waals surface area (Å²) in [6.07, 6.45) is 1.65. The lowest BCUT2D eigenvalue weighted by Crippen LogP contribution is -2.14. The van der Waals surface area contributed by atoms with E-state index in [1.807, 2.05) is 13.0 Å². The van der Waals surface area contributed by atoms with Gasteiger partial charge in [0.05, 0.1) is 15.3 Å². The summed E-state index contributed by atoms with van der Waals surface area (Å²) in [6.45, 7) is 1.87. The van der Waals surface area contributed by atoms with Crippen molar-refractivity contribution in [1.29, 1.82) is 0 Å². The number of fused-ring (bicyclic) bond motifs is 2. The third-order valence-corrected chi connectivity index (χ3v) is 5.25. The van der Waals surface area contributed by atoms with E-state index in [0.717, 1.165) is 16.9 Å². The number of carbonyl (C=O) groups is 1. The summed E-state index contributed by atoms with van der Waals surface area (Å²) in [4.78, 5) is 30.5. The van der Waals surface area contributed by atoms with Gasteiger partial charge in [0.2, 0.25) is 0 Å². The average Bonchev–Trinajstić information content (AvgIpc) is 3.04. The molecule has 4 aromatic rings. The van der Waals surface area contributed by atoms with Crippen molar-refractivity contribution >= 4 is 50.4 Å². The van der Waals surface area contributed by atoms with Crippen molar-refractivity contribution in [1.82, 2.24) is 9.38 Å². The number of nitrogens with one attached hydrogen (secondary N) is 1. The molecule has 3 heterocycles. The zero-order valence-corrected chi connectivity index (χ0v) is 15.0. The van der Waals surface area contributed by atoms with E-state index in [1.165, 1.54) is 28.7 Å². The number of aryl methyl sites for hydroxylation is 1. The van der Waals surface area contributed by atoms with Gasteiger partial charge in [0.15, 0.2) is 0 Å². The fourth-order valence-electron chi connectivity index (χ4n) is 2.64. The van der Waals surface area contributed by atoms with Gasteiger partial charge in [0.25, 0.3) is 11.5 Å². The standard InChI is InChI=1S/C18H11ClFN3O2S/c1-9-3-2-6-23-15(9)22-17-11(18(23)25)8-14(26-17)16(24)21-10-4-5-13(20)12(19)7-10/h2-8H,1H3,(H,21,24). The number of hydrogen-bond donors (Lipinski definition) is 1. The number of aromatic nitrogens is 2. The predicted molar refractivity (Wildman–Crippen MR) is 101 cm³/mol. The molecule has 0 fully saturated rings. The second kappa shape index (κ2) is 6.19. The summed E-state index contributed by atoms with van der Waals surface area (Å²) in [7, 11) is 0. The quantitative estimate of drug-likeness (QED) is 0.559. The largest absolute Gasteiger partial charge is 0.321 e. The van der Waals surface area contributed by atoms with Gasteiger partial charge in [-0.1, -0.05) is 17.7 Å². The number of carbonyl (C=O) groups excluding carboxylic acids is 1. The molecule has 4 rings (SSSR count). The first-order valence-electron chi connectivity index (χ1n) is 7.62. The smallest absolute Gasteiger partial charge is 0.266 e. The van der Waals surface area contributed by atoms with Gasteiger partial charge < -0.3 is 5.32 Å². The first-order chi connectivity index (χ1) is 12.4. The van der Waals surface area contributed by atoms with Gasteiger partial charge in [-0.2, -0.15) is 0 Å². The van der Waals surface area contributed by atoms with Gasteiger partial charge in [0, 0.05) is 11.9 Å². The van der Waals surface area contributed by atoms with E-state index in [0.29, 0.717) is 26.4 Å². The van der Waals surface area contributed by atoms with Crippen LogP contribution < -0.4 is 10.9 Å². The molecule has 130 valence electrons. The van der Waals surface area contributed by atoms with Crippen LogP contribution in [-0.4, -0.2) is 15.3 Å². The number of halogens is 2. The van der Waals surface area contributed by atoms with Gasteiger partial charge in [-0.25, -0.2) is 9.37 Å². The molecule has 0 bridgehead atoms. The SMILES string of the molecule is Cc1cccn2c(=O)c3cc(C(=O)Nc4ccc(F)c(Cl)c4)sc3nc12. The first kappa shape index (κ1) is 16.7. The first-order valence-corrected chi connectivity index (χ1v) is 8.81. The highest BCUT2D eigenvalue weighted by Crippen LogP contribution is 2.25. The second-order valence-electron chi connectivity index (χ2n) is 5.71. The topological polar surface area (TPSA) is 63.5 Å². The molecule has 8 heteroatoms. The number of amides is 1. The number of benzene rings is 1. The molecule has 0 saturated carbocycles. The van der Waals surface area contributed by atoms with Crippen LogP contribution in [0.3, 0.4) is 0 Å². The van der Waals surface area contributed by atoms with E-state index in [2.05, 4.69) is 10.3 Å². The molecule has 0 spiro atoms. The Morgan fingerprint density at radius 3 is 2.88 bits per heavy atom. The molecule has 0 aliphatic heterocycles. The molecule has 0 atom stereocenters. The predicted octanol–water partition coefficient (Wildman–Crippen LogP) is 4.26. The Hall–Kier alpha value is -2.77. The molecule has 1 aromatic carbocycles. The van der Waals surface area contributed by atoms with Gasteiger partial charge in [-0.05, 0) is 42.8 Å². The molecule has 1 N–H and O–H groups in total. The maximum Gasteiger partial charge on any atom is 0.266 e. The summed E-state index contributed by atoms with van der Waals surface area (Å²) in [6, 6.07) is 9.07. The van der Waals surface area contributed by atoms with Crippen molar-refractivity contribution < 1.29 is 9.18 Å². The minimum absolute atomic E-state index is 0.0826. The number of anilines is 1. The molecule has 0 aliphatic carbocycles. The third kappa shape index (κ3) is 2.75. The van der Waals surface area contributed by atoms with Crippen molar-refractivity contribution in [3.8, 4) is 0 Å². The second-order valence-corrected chi connectivity index (χ2v) is 7.15. The molecule has 5 nitrogen and oxygen atoms in total. The lowest BCUT2D eigenvalue weighted by Gasteiger charge is -2.04. The van der Waals surface area contributed by atoms with Crippen molar-refractivity contribution in [2.45, 2.75) is 6.92 Å². The average molecular weight is 388 g/mol. The van der Waals surface area contributed by atoms with Gasteiger partial charge in [-0.3, -0.25) is 14.0 Å². The van der Waals surface area contributed by atoms with Crippen LogP contribution in [0.2, 0.25) is 5.02 Å². The zero-order valence-electron chi connectivity index (χ0n) is 13.4. The Labute approximate surface area is 155 Å². The van der Waals surface area contributed by atoms with Crippen LogP contribution in [0.15, 0.2) is 47.4 Å². The number of rotatable bonds is 2. The highest BCUT2D eigenvalue weighted by atomic mass is 35.5. The Bertz CT molecular complexity index is 1250. The van der Waals surface area contributed by atoms with Gasteiger partial charge in [-0.15, -0.1) is 11.3 Å². The Morgan fingerprint density at radius 2 is 2.12 bits per heavy atom. The fourth-order valence-corrected chi connectivity index (χ4v) is 3.73. The summed E-state index contributed by atoms with van der Waals surface area (Å²) < 4.78 is 14.7. The van der Waals surface area contributed by atoms with E-state index in [-0.39, 0.29) is 10.6 Å². The Kier molecular flexibility index (Phi) is 3.97. The maximum atomic E-state index is 13.2. The number of nitrogens with zero attached hydrogens (tertiary/aromatic N) is 2. The van der Waals surface area contributed by atoms with E-state index in [1.54, 1.807) is 12.3 Å². The lowest BCUT2D eigenvalue weighted by atomic mass is 10.2. The van der Waals surface area contributed by atoms with Crippen LogP contribution in [0, 0.1) is 12.7 Å². The summed E-state index contributed by atoms with van der Waals surface area (Å²) in [5.41, 5.74) is 1.56. The van der Waals surface area contributed by atoms with Crippen LogP contribution in [0.1, 0.15) is 15.2 Å². The molecular weight excluding hydrogens is 377 g/mol. The Morgan fingerprint density at radius 1 is 1.31 bits per heavy atom. The van der Waals surface area contributed by atoms with Crippen LogP contribution in [0.25, 0.3) is 15.9 Å². The van der Waals surface area contributed by atoms with Gasteiger partial charge in [0.1, 0.15) is 16.3 Å². The van der Waals surface area contributed by atoms with Crippen molar-refractivity contribution in [3.05, 3.63) is 74.2 Å². The van der Waals surface area contributed by atoms with E-state index in [9.17, 15) is 14.0 Å². The van der Waals surface area contributed by atoms with Crippen molar-refractivity contribution in [2.75, 3.05) is 5.32 Å². The molecule has 0 saturated heterocycles. The molecule has 3 aromatic heterocycles. The Balaban J connectivity index is 1.77. The molecule has 0 unspecified atom stereocenters. The summed E-state index contributed by atoms with van der Waals surface area (Å²) in [5.74, 6) is -0.980. The molecule has 26 heavy (non-hydrogen) atoms. The van der Waals surface area contributed by atoms with Crippen LogP contribution in [0.4, 0.5) is 10.1 Å². The zero-order chi connectivity index (χ0) is 18.4. The highest BCUT2D eigenvalue weighted by molar-refractivity contribution is 7.20. The van der Waals surface area contributed by atoms with Gasteiger partial charge >= 0.3 is 0 Å². The molecule has 0 aliphatic rings. The van der Waals surface area contributed by atoms with Crippen LogP contribution in [0.5, 0.6) is 0 Å². The van der Waals surface area contributed by atoms with Crippen LogP contribution >= 0.6 is 22.9 Å². The van der Waals surface area contributed by atoms with E-state index >= 15 is 0 Å². The maximum absolute atomic E-state index is 13.2. The van der Waals surface area contributed by atoms with Crippen LogP contribution in [-0.2, 0) is 0 Å². The monoisotopic (exact) mass is 387 g/mol. The van der Waals surface area contributed by atoms with E-state index in [4.69, 9.17) is 11.6 Å². The van der Waals surface area contributed by atoms with E-state index < -0.39 is 11.7 Å². The molecule has 1 amide bonds. The molecular formula is C18H11ClFN3O2S. The third-order valence-electron chi connectivity index (χ3n) is 3.93. The normalized spacial score (nSPS) is 11.2.